The van der Waals surface area contributed by atoms with Crippen LogP contribution in [0.5, 0.6) is 5.75 Å². The van der Waals surface area contributed by atoms with E-state index in [1.54, 1.807) is 0 Å². The summed E-state index contributed by atoms with van der Waals surface area (Å²) in [5, 5.41) is 3.01. The Labute approximate surface area is 213 Å². The van der Waals surface area contributed by atoms with Gasteiger partial charge in [-0.05, 0) is 56.4 Å². The largest absolute Gasteiger partial charge is 0.494 e. The zero-order valence-corrected chi connectivity index (χ0v) is 21.2. The zero-order chi connectivity index (χ0) is 24.6. The fourth-order valence-electron chi connectivity index (χ4n) is 6.35. The highest BCUT2D eigenvalue weighted by atomic mass is 16.9. The van der Waals surface area contributed by atoms with Gasteiger partial charge in [0.15, 0.2) is 24.0 Å². The van der Waals surface area contributed by atoms with Gasteiger partial charge in [0.25, 0.3) is 5.91 Å². The number of amides is 1. The van der Waals surface area contributed by atoms with Gasteiger partial charge in [0.1, 0.15) is 24.1 Å². The van der Waals surface area contributed by atoms with Crippen LogP contribution in [0.25, 0.3) is 0 Å². The lowest BCUT2D eigenvalue weighted by Gasteiger charge is -2.36. The number of rotatable bonds is 6. The molecule has 8 nitrogen and oxygen atoms in total. The van der Waals surface area contributed by atoms with Gasteiger partial charge in [0, 0.05) is 31.4 Å². The molecule has 1 amide bonds. The van der Waals surface area contributed by atoms with Crippen LogP contribution in [0.2, 0.25) is 0 Å². The van der Waals surface area contributed by atoms with Gasteiger partial charge in [-0.25, -0.2) is 0 Å². The number of unbranched alkanes of at least 4 members (excludes halogenated alkanes) is 1. The molecule has 198 valence electrons. The number of nitrogens with one attached hydrogen (secondary N) is 1. The minimum absolute atomic E-state index is 0.257. The van der Waals surface area contributed by atoms with E-state index in [1.165, 1.54) is 12.8 Å². The van der Waals surface area contributed by atoms with Crippen molar-refractivity contribution >= 4 is 11.6 Å². The summed E-state index contributed by atoms with van der Waals surface area (Å²) in [6.45, 7) is 2.82. The van der Waals surface area contributed by atoms with E-state index in [4.69, 9.17) is 28.4 Å². The summed E-state index contributed by atoms with van der Waals surface area (Å²) in [4.78, 5) is 13.5. The lowest BCUT2D eigenvalue weighted by atomic mass is 9.94. The first kappa shape index (κ1) is 24.6. The van der Waals surface area contributed by atoms with E-state index in [9.17, 15) is 4.79 Å². The molecule has 5 atom stereocenters. The summed E-state index contributed by atoms with van der Waals surface area (Å²) in [6, 6.07) is 7.45. The molecule has 0 bridgehead atoms. The summed E-state index contributed by atoms with van der Waals surface area (Å²) >= 11 is 0. The van der Waals surface area contributed by atoms with Crippen molar-refractivity contribution in [3.05, 3.63) is 24.3 Å². The molecule has 6 rings (SSSR count). The van der Waals surface area contributed by atoms with Crippen LogP contribution in [0.1, 0.15) is 84.0 Å². The summed E-state index contributed by atoms with van der Waals surface area (Å²) in [7, 11) is 0. The van der Waals surface area contributed by atoms with Gasteiger partial charge in [-0.1, -0.05) is 26.2 Å². The number of ether oxygens (including phenoxy) is 6. The predicted octanol–water partition coefficient (Wildman–Crippen LogP) is 5.05. The number of fused-ring (bicyclic) bond motifs is 3. The average Bonchev–Trinajstić information content (AvgIpc) is 3.43. The van der Waals surface area contributed by atoms with Crippen LogP contribution in [-0.2, 0) is 28.5 Å². The molecule has 3 aliphatic heterocycles. The standard InChI is InChI=1S/C28H39NO7/c1-2-3-18-31-20-12-10-19(11-13-20)29-25(30)23-21-22(34-27(33-21)14-6-4-7-15-27)24-26(32-23)36-28(35-24)16-8-5-9-17-28/h10-13,21-24,26H,2-9,14-18H2,1H3,(H,29,30)/t21-,22+,23+,24-,26-/m0/s1. The van der Waals surface area contributed by atoms with Crippen LogP contribution in [0.3, 0.4) is 0 Å². The van der Waals surface area contributed by atoms with Gasteiger partial charge >= 0.3 is 0 Å². The van der Waals surface area contributed by atoms with Gasteiger partial charge in [0.05, 0.1) is 6.61 Å². The van der Waals surface area contributed by atoms with Crippen LogP contribution in [0.4, 0.5) is 5.69 Å². The van der Waals surface area contributed by atoms with Gasteiger partial charge in [0.2, 0.25) is 0 Å². The Hall–Kier alpha value is -1.71. The topological polar surface area (TPSA) is 84.5 Å². The van der Waals surface area contributed by atoms with Gasteiger partial charge in [-0.3, -0.25) is 4.79 Å². The third kappa shape index (κ3) is 4.78. The van der Waals surface area contributed by atoms with Gasteiger partial charge in [-0.15, -0.1) is 0 Å². The van der Waals surface area contributed by atoms with E-state index < -0.39 is 42.3 Å². The number of benzene rings is 1. The molecular weight excluding hydrogens is 462 g/mol. The maximum atomic E-state index is 13.5. The smallest absolute Gasteiger partial charge is 0.256 e. The second-order valence-electron chi connectivity index (χ2n) is 10.9. The molecule has 5 fully saturated rings. The fourth-order valence-corrected chi connectivity index (χ4v) is 6.35. The molecule has 0 unspecified atom stereocenters. The second kappa shape index (κ2) is 10.2. The van der Waals surface area contributed by atoms with Crippen molar-refractivity contribution in [2.45, 2.75) is 126 Å². The molecule has 0 aromatic heterocycles. The summed E-state index contributed by atoms with van der Waals surface area (Å²) < 4.78 is 38.2. The van der Waals surface area contributed by atoms with Crippen molar-refractivity contribution in [3.8, 4) is 5.75 Å². The molecule has 1 aromatic carbocycles. The van der Waals surface area contributed by atoms with Gasteiger partial charge in [-0.2, -0.15) is 0 Å². The van der Waals surface area contributed by atoms with Crippen LogP contribution >= 0.6 is 0 Å². The van der Waals surface area contributed by atoms with E-state index >= 15 is 0 Å². The van der Waals surface area contributed by atoms with Crippen LogP contribution < -0.4 is 10.1 Å². The first-order valence-corrected chi connectivity index (χ1v) is 14.0. The molecule has 1 N–H and O–H groups in total. The molecule has 1 aromatic rings. The van der Waals surface area contributed by atoms with E-state index in [1.807, 2.05) is 24.3 Å². The lowest BCUT2D eigenvalue weighted by molar-refractivity contribution is -0.246. The van der Waals surface area contributed by atoms with Crippen molar-refractivity contribution < 1.29 is 33.2 Å². The summed E-state index contributed by atoms with van der Waals surface area (Å²) in [5.41, 5.74) is 0.684. The van der Waals surface area contributed by atoms with Crippen molar-refractivity contribution in [2.24, 2.45) is 0 Å². The number of carbonyl (C=O) groups excluding carboxylic acids is 1. The number of anilines is 1. The van der Waals surface area contributed by atoms with Crippen LogP contribution in [0.15, 0.2) is 24.3 Å². The molecule has 0 radical (unpaired) electrons. The highest BCUT2D eigenvalue weighted by molar-refractivity contribution is 5.94. The Morgan fingerprint density at radius 1 is 0.861 bits per heavy atom. The van der Waals surface area contributed by atoms with Crippen molar-refractivity contribution in [1.82, 2.24) is 0 Å². The molecule has 3 saturated heterocycles. The van der Waals surface area contributed by atoms with E-state index in [0.717, 1.165) is 70.0 Å². The van der Waals surface area contributed by atoms with Crippen molar-refractivity contribution in [1.29, 1.82) is 0 Å². The molecule has 2 saturated carbocycles. The SMILES string of the molecule is CCCCOc1ccc(NC(=O)[C@@H]2O[C@H]3OC4(CCCCC4)O[C@H]3[C@@H]3OC4(CCCCC4)O[C@@H]32)cc1. The maximum Gasteiger partial charge on any atom is 0.256 e. The van der Waals surface area contributed by atoms with E-state index in [2.05, 4.69) is 12.2 Å². The Morgan fingerprint density at radius 2 is 1.47 bits per heavy atom. The minimum atomic E-state index is -0.847. The molecular formula is C28H39NO7. The molecule has 8 heteroatoms. The quantitative estimate of drug-likeness (QED) is 0.546. The number of hydrogen-bond acceptors (Lipinski definition) is 7. The van der Waals surface area contributed by atoms with Gasteiger partial charge < -0.3 is 33.7 Å². The number of hydrogen-bond donors (Lipinski definition) is 1. The highest BCUT2D eigenvalue weighted by Gasteiger charge is 2.65. The van der Waals surface area contributed by atoms with E-state index in [0.29, 0.717) is 12.3 Å². The first-order chi connectivity index (χ1) is 17.6. The molecule has 2 spiro atoms. The molecule has 3 heterocycles. The Kier molecular flexibility index (Phi) is 6.99. The highest BCUT2D eigenvalue weighted by Crippen LogP contribution is 2.51. The third-order valence-electron chi connectivity index (χ3n) is 8.26. The van der Waals surface area contributed by atoms with Crippen molar-refractivity contribution in [2.75, 3.05) is 11.9 Å². The Balaban J connectivity index is 1.19. The average molecular weight is 502 g/mol. The first-order valence-electron chi connectivity index (χ1n) is 14.0. The predicted molar refractivity (Wildman–Crippen MR) is 131 cm³/mol. The summed E-state index contributed by atoms with van der Waals surface area (Å²) in [6.07, 6.45) is 9.24. The monoisotopic (exact) mass is 501 g/mol. The zero-order valence-electron chi connectivity index (χ0n) is 21.2. The lowest BCUT2D eigenvalue weighted by Crippen LogP contribution is -2.58. The minimum Gasteiger partial charge on any atom is -0.494 e. The molecule has 2 aliphatic carbocycles. The van der Waals surface area contributed by atoms with E-state index in [-0.39, 0.29) is 5.91 Å². The third-order valence-corrected chi connectivity index (χ3v) is 8.26. The molecule has 36 heavy (non-hydrogen) atoms. The summed E-state index contributed by atoms with van der Waals surface area (Å²) in [5.74, 6) is -0.761. The van der Waals surface area contributed by atoms with Crippen LogP contribution in [0, 0.1) is 0 Å². The Bertz CT molecular complexity index is 909. The number of carbonyl (C=O) groups is 1. The second-order valence-corrected chi connectivity index (χ2v) is 10.9. The maximum absolute atomic E-state index is 13.5. The normalized spacial score (nSPS) is 34.3. The fraction of sp³-hybridized carbons (Fsp3) is 0.750. The van der Waals surface area contributed by atoms with Crippen LogP contribution in [-0.4, -0.2) is 54.8 Å². The van der Waals surface area contributed by atoms with Crippen molar-refractivity contribution in [3.63, 3.8) is 0 Å². The Morgan fingerprint density at radius 3 is 2.14 bits per heavy atom. The molecule has 5 aliphatic rings.